The minimum Gasteiger partial charge on any atom is -0.481 e. The molecule has 1 amide bonds. The predicted molar refractivity (Wildman–Crippen MR) is 106 cm³/mol. The molecule has 0 bridgehead atoms. The molecule has 0 spiro atoms. The Morgan fingerprint density at radius 3 is 2.78 bits per heavy atom. The third-order valence-corrected chi connectivity index (χ3v) is 5.65. The normalized spacial score (nSPS) is 15.6. The number of amides is 1. The lowest BCUT2D eigenvalue weighted by Crippen LogP contribution is -2.37. The van der Waals surface area contributed by atoms with Gasteiger partial charge in [-0.05, 0) is 57.0 Å². The first-order valence-corrected chi connectivity index (χ1v) is 10.1. The molecule has 27 heavy (non-hydrogen) atoms. The molecule has 2 heterocycles. The Kier molecular flexibility index (Phi) is 6.58. The summed E-state index contributed by atoms with van der Waals surface area (Å²) in [4.78, 5) is 30.1. The second-order valence-corrected chi connectivity index (χ2v) is 8.05. The molecule has 1 fully saturated rings. The fraction of sp³-hybridized carbons (Fsp3) is 0.450. The van der Waals surface area contributed by atoms with Crippen molar-refractivity contribution in [2.75, 3.05) is 18.4 Å². The molecule has 1 aromatic heterocycles. The number of aromatic nitrogens is 1. The van der Waals surface area contributed by atoms with Gasteiger partial charge in [-0.15, -0.1) is 11.3 Å². The van der Waals surface area contributed by atoms with Crippen LogP contribution >= 0.6 is 11.3 Å². The van der Waals surface area contributed by atoms with Gasteiger partial charge in [0.05, 0.1) is 10.7 Å². The summed E-state index contributed by atoms with van der Waals surface area (Å²) in [6.07, 6.45) is 2.24. The molecule has 1 saturated heterocycles. The maximum atomic E-state index is 12.6. The van der Waals surface area contributed by atoms with E-state index in [1.165, 1.54) is 0 Å². The van der Waals surface area contributed by atoms with E-state index in [1.807, 2.05) is 31.2 Å². The summed E-state index contributed by atoms with van der Waals surface area (Å²) in [5, 5.41) is 15.0. The number of rotatable bonds is 7. The van der Waals surface area contributed by atoms with Gasteiger partial charge in [0.15, 0.2) is 0 Å². The molecule has 0 radical (unpaired) electrons. The Labute approximate surface area is 163 Å². The van der Waals surface area contributed by atoms with Gasteiger partial charge in [0.25, 0.3) is 0 Å². The van der Waals surface area contributed by atoms with Crippen molar-refractivity contribution in [2.45, 2.75) is 39.2 Å². The van der Waals surface area contributed by atoms with E-state index in [2.05, 4.69) is 20.6 Å². The quantitative estimate of drug-likeness (QED) is 0.762. The summed E-state index contributed by atoms with van der Waals surface area (Å²) >= 11 is 1.67. The number of piperidine rings is 1. The summed E-state index contributed by atoms with van der Waals surface area (Å²) in [6.45, 7) is 4.66. The summed E-state index contributed by atoms with van der Waals surface area (Å²) < 4.78 is 0. The topological polar surface area (TPSA) is 82.5 Å². The molecular formula is C20H25N3O3S. The minimum atomic E-state index is -0.816. The molecule has 2 aromatic rings. The van der Waals surface area contributed by atoms with Crippen molar-refractivity contribution in [3.8, 4) is 0 Å². The zero-order valence-corrected chi connectivity index (χ0v) is 16.3. The van der Waals surface area contributed by atoms with Crippen molar-refractivity contribution in [1.29, 1.82) is 0 Å². The molecule has 0 aliphatic carbocycles. The Hall–Kier alpha value is -2.25. The highest BCUT2D eigenvalue weighted by atomic mass is 32.1. The fourth-order valence-corrected chi connectivity index (χ4v) is 3.97. The lowest BCUT2D eigenvalue weighted by molar-refractivity contribution is -0.137. The summed E-state index contributed by atoms with van der Waals surface area (Å²) in [6, 6.07) is 7.45. The van der Waals surface area contributed by atoms with Gasteiger partial charge in [0.2, 0.25) is 5.91 Å². The molecule has 7 heteroatoms. The molecule has 0 atom stereocenters. The highest BCUT2D eigenvalue weighted by Gasteiger charge is 2.25. The van der Waals surface area contributed by atoms with E-state index in [4.69, 9.17) is 5.11 Å². The van der Waals surface area contributed by atoms with Gasteiger partial charge in [-0.3, -0.25) is 14.5 Å². The summed E-state index contributed by atoms with van der Waals surface area (Å²) in [5.41, 5.74) is 2.77. The molecule has 0 saturated carbocycles. The van der Waals surface area contributed by atoms with Crippen LogP contribution in [-0.4, -0.2) is 40.0 Å². The number of aliphatic carboxylic acids is 1. The average Bonchev–Trinajstić information content (AvgIpc) is 3.05. The number of benzene rings is 1. The van der Waals surface area contributed by atoms with Crippen LogP contribution in [0.1, 0.15) is 35.5 Å². The van der Waals surface area contributed by atoms with Crippen molar-refractivity contribution < 1.29 is 14.7 Å². The Morgan fingerprint density at radius 2 is 2.11 bits per heavy atom. The number of nitrogens with zero attached hydrogens (tertiary/aromatic N) is 2. The predicted octanol–water partition coefficient (Wildman–Crippen LogP) is 3.32. The van der Waals surface area contributed by atoms with Gasteiger partial charge < -0.3 is 10.4 Å². The van der Waals surface area contributed by atoms with E-state index in [9.17, 15) is 9.59 Å². The monoisotopic (exact) mass is 387 g/mol. The number of carbonyl (C=O) groups excluding carboxylic acids is 1. The molecule has 1 aliphatic rings. The number of aryl methyl sites for hydroxylation is 2. The number of likely N-dealkylation sites (tertiary alicyclic amines) is 1. The first-order valence-electron chi connectivity index (χ1n) is 9.24. The molecule has 1 aliphatic heterocycles. The van der Waals surface area contributed by atoms with Crippen LogP contribution in [-0.2, 0) is 22.6 Å². The van der Waals surface area contributed by atoms with Crippen LogP contribution in [0.5, 0.6) is 0 Å². The van der Waals surface area contributed by atoms with Gasteiger partial charge in [0, 0.05) is 30.0 Å². The fourth-order valence-electron chi connectivity index (χ4n) is 3.36. The lowest BCUT2D eigenvalue weighted by Gasteiger charge is -2.30. The smallest absolute Gasteiger partial charge is 0.303 e. The number of carboxylic acids is 1. The largest absolute Gasteiger partial charge is 0.481 e. The van der Waals surface area contributed by atoms with Crippen molar-refractivity contribution in [3.63, 3.8) is 0 Å². The first kappa shape index (κ1) is 19.5. The minimum absolute atomic E-state index is 0.0149. The van der Waals surface area contributed by atoms with Gasteiger partial charge in [-0.2, -0.15) is 0 Å². The maximum Gasteiger partial charge on any atom is 0.303 e. The highest BCUT2D eigenvalue weighted by molar-refractivity contribution is 7.09. The molecule has 6 nitrogen and oxygen atoms in total. The van der Waals surface area contributed by atoms with Crippen LogP contribution in [0.2, 0.25) is 0 Å². The zero-order chi connectivity index (χ0) is 19.2. The van der Waals surface area contributed by atoms with Crippen LogP contribution in [0.3, 0.4) is 0 Å². The van der Waals surface area contributed by atoms with E-state index in [0.29, 0.717) is 6.42 Å². The Bertz CT molecular complexity index is 797. The number of hydrogen-bond donors (Lipinski definition) is 2. The second-order valence-electron chi connectivity index (χ2n) is 6.99. The molecule has 1 aromatic carbocycles. The van der Waals surface area contributed by atoms with E-state index in [-0.39, 0.29) is 18.2 Å². The summed E-state index contributed by atoms with van der Waals surface area (Å²) in [7, 11) is 0. The van der Waals surface area contributed by atoms with Crippen LogP contribution in [0, 0.1) is 12.8 Å². The number of nitrogens with one attached hydrogen (secondary N) is 1. The first-order chi connectivity index (χ1) is 13.0. The molecule has 0 unspecified atom stereocenters. The van der Waals surface area contributed by atoms with Crippen molar-refractivity contribution in [1.82, 2.24) is 9.88 Å². The van der Waals surface area contributed by atoms with Gasteiger partial charge in [-0.25, -0.2) is 4.98 Å². The lowest BCUT2D eigenvalue weighted by atomic mass is 9.95. The van der Waals surface area contributed by atoms with Crippen LogP contribution < -0.4 is 5.32 Å². The molecule has 2 N–H and O–H groups in total. The van der Waals surface area contributed by atoms with Crippen molar-refractivity contribution in [3.05, 3.63) is 45.9 Å². The zero-order valence-electron chi connectivity index (χ0n) is 15.5. The number of carbonyl (C=O) groups is 2. The molecule has 144 valence electrons. The van der Waals surface area contributed by atoms with Crippen LogP contribution in [0.4, 0.5) is 5.69 Å². The third-order valence-electron chi connectivity index (χ3n) is 4.83. The number of hydrogen-bond acceptors (Lipinski definition) is 5. The van der Waals surface area contributed by atoms with Gasteiger partial charge >= 0.3 is 5.97 Å². The number of thiazole rings is 1. The molecule has 3 rings (SSSR count). The van der Waals surface area contributed by atoms with E-state index in [0.717, 1.165) is 54.4 Å². The van der Waals surface area contributed by atoms with E-state index in [1.54, 1.807) is 11.3 Å². The number of carboxylic acid groups (broad SMARTS) is 1. The van der Waals surface area contributed by atoms with Crippen molar-refractivity contribution in [2.24, 2.45) is 5.92 Å². The third kappa shape index (κ3) is 5.87. The Morgan fingerprint density at radius 1 is 1.33 bits per heavy atom. The van der Waals surface area contributed by atoms with Gasteiger partial charge in [-0.1, -0.05) is 12.1 Å². The molecular weight excluding hydrogens is 362 g/mol. The highest BCUT2D eigenvalue weighted by Crippen LogP contribution is 2.22. The van der Waals surface area contributed by atoms with Crippen molar-refractivity contribution >= 4 is 28.9 Å². The number of anilines is 1. The summed E-state index contributed by atoms with van der Waals surface area (Å²) in [5.74, 6) is -0.750. The maximum absolute atomic E-state index is 12.6. The second kappa shape index (κ2) is 9.10. The van der Waals surface area contributed by atoms with Gasteiger partial charge in [0.1, 0.15) is 0 Å². The van der Waals surface area contributed by atoms with E-state index >= 15 is 0 Å². The Balaban J connectivity index is 1.48. The van der Waals surface area contributed by atoms with Crippen LogP contribution in [0.25, 0.3) is 0 Å². The SMILES string of the molecule is Cc1nc(CN2CCC(C(=O)Nc3cccc(CCC(=O)O)c3)CC2)cs1. The standard InChI is InChI=1S/C20H25N3O3S/c1-14-21-18(13-27-14)12-23-9-7-16(8-10-23)20(26)22-17-4-2-3-15(11-17)5-6-19(24)25/h2-4,11,13,16H,5-10,12H2,1H3,(H,22,26)(H,24,25). The van der Waals surface area contributed by atoms with E-state index < -0.39 is 5.97 Å². The average molecular weight is 388 g/mol. The van der Waals surface area contributed by atoms with Crippen LogP contribution in [0.15, 0.2) is 29.6 Å².